The molecule has 1 aromatic heterocycles. The summed E-state index contributed by atoms with van der Waals surface area (Å²) in [5.74, 6) is -0.779. The average Bonchev–Trinajstić information content (AvgIpc) is 2.28. The number of carboxylic acids is 1. The lowest BCUT2D eigenvalue weighted by Crippen LogP contribution is -2.26. The van der Waals surface area contributed by atoms with Crippen LogP contribution in [0.1, 0.15) is 19.4 Å². The zero-order valence-electron chi connectivity index (χ0n) is 9.97. The Morgan fingerprint density at radius 2 is 2.12 bits per heavy atom. The van der Waals surface area contributed by atoms with Crippen molar-refractivity contribution in [3.8, 4) is 0 Å². The Kier molecular flexibility index (Phi) is 2.84. The van der Waals surface area contributed by atoms with Gasteiger partial charge in [0, 0.05) is 11.6 Å². The molecule has 0 bridgehead atoms. The van der Waals surface area contributed by atoms with Gasteiger partial charge in [-0.25, -0.2) is 0 Å². The molecule has 0 atom stereocenters. The van der Waals surface area contributed by atoms with Gasteiger partial charge in [0.05, 0.1) is 10.9 Å². The molecule has 1 heterocycles. The molecular weight excluding hydrogens is 214 g/mol. The van der Waals surface area contributed by atoms with Gasteiger partial charge < -0.3 is 5.11 Å². The fraction of sp³-hybridized carbons (Fsp3) is 0.286. The molecule has 0 radical (unpaired) electrons. The van der Waals surface area contributed by atoms with Crippen molar-refractivity contribution in [3.63, 3.8) is 0 Å². The fourth-order valence-electron chi connectivity index (χ4n) is 1.81. The van der Waals surface area contributed by atoms with E-state index >= 15 is 0 Å². The molecule has 88 valence electrons. The van der Waals surface area contributed by atoms with Gasteiger partial charge in [-0.2, -0.15) is 0 Å². The zero-order valence-corrected chi connectivity index (χ0v) is 9.97. The van der Waals surface area contributed by atoms with Gasteiger partial charge in [-0.1, -0.05) is 18.2 Å². The van der Waals surface area contributed by atoms with Gasteiger partial charge in [-0.05, 0) is 38.0 Å². The van der Waals surface area contributed by atoms with E-state index in [0.717, 1.165) is 16.5 Å². The third kappa shape index (κ3) is 2.44. The minimum Gasteiger partial charge on any atom is -0.481 e. The predicted octanol–water partition coefficient (Wildman–Crippen LogP) is 2.89. The Morgan fingerprint density at radius 1 is 1.35 bits per heavy atom. The standard InChI is InChI=1S/C14H15NO2/c1-14(2,13(16)17)9-10-5-6-11-4-3-7-15-12(11)8-10/h3-8H,9H2,1-2H3,(H,16,17). The first-order valence-corrected chi connectivity index (χ1v) is 5.56. The summed E-state index contributed by atoms with van der Waals surface area (Å²) in [6.45, 7) is 3.47. The molecule has 1 N–H and O–H groups in total. The summed E-state index contributed by atoms with van der Waals surface area (Å²) >= 11 is 0. The maximum Gasteiger partial charge on any atom is 0.309 e. The topological polar surface area (TPSA) is 50.2 Å². The first-order valence-electron chi connectivity index (χ1n) is 5.56. The predicted molar refractivity (Wildman–Crippen MR) is 66.9 cm³/mol. The highest BCUT2D eigenvalue weighted by Gasteiger charge is 2.27. The minimum absolute atomic E-state index is 0.509. The molecule has 0 unspecified atom stereocenters. The number of hydrogen-bond donors (Lipinski definition) is 1. The van der Waals surface area contributed by atoms with E-state index in [1.807, 2.05) is 30.3 Å². The maximum absolute atomic E-state index is 11.1. The summed E-state index contributed by atoms with van der Waals surface area (Å²) in [4.78, 5) is 15.3. The second-order valence-electron chi connectivity index (χ2n) is 4.90. The summed E-state index contributed by atoms with van der Waals surface area (Å²) < 4.78 is 0. The minimum atomic E-state index is -0.779. The van der Waals surface area contributed by atoms with Gasteiger partial charge in [0.2, 0.25) is 0 Å². The highest BCUT2D eigenvalue weighted by Crippen LogP contribution is 2.23. The van der Waals surface area contributed by atoms with Crippen molar-refractivity contribution in [2.24, 2.45) is 5.41 Å². The molecule has 0 spiro atoms. The maximum atomic E-state index is 11.1. The number of aliphatic carboxylic acids is 1. The van der Waals surface area contributed by atoms with Crippen molar-refractivity contribution >= 4 is 16.9 Å². The fourth-order valence-corrected chi connectivity index (χ4v) is 1.81. The van der Waals surface area contributed by atoms with E-state index < -0.39 is 11.4 Å². The van der Waals surface area contributed by atoms with E-state index in [4.69, 9.17) is 5.11 Å². The molecule has 0 aliphatic rings. The number of carbonyl (C=O) groups is 1. The normalized spacial score (nSPS) is 11.6. The van der Waals surface area contributed by atoms with Crippen molar-refractivity contribution in [1.29, 1.82) is 0 Å². The first kappa shape index (κ1) is 11.6. The van der Waals surface area contributed by atoms with Crippen LogP contribution >= 0.6 is 0 Å². The number of rotatable bonds is 3. The number of pyridine rings is 1. The van der Waals surface area contributed by atoms with Crippen LogP contribution in [0.25, 0.3) is 10.9 Å². The van der Waals surface area contributed by atoms with Crippen molar-refractivity contribution < 1.29 is 9.90 Å². The molecule has 0 aliphatic carbocycles. The molecule has 0 saturated carbocycles. The number of aromatic nitrogens is 1. The van der Waals surface area contributed by atoms with E-state index in [2.05, 4.69) is 4.98 Å². The van der Waals surface area contributed by atoms with Crippen molar-refractivity contribution in [3.05, 3.63) is 42.1 Å². The summed E-state index contributed by atoms with van der Waals surface area (Å²) in [7, 11) is 0. The molecule has 17 heavy (non-hydrogen) atoms. The smallest absolute Gasteiger partial charge is 0.309 e. The molecule has 2 aromatic rings. The van der Waals surface area contributed by atoms with E-state index in [1.165, 1.54) is 0 Å². The number of benzene rings is 1. The van der Waals surface area contributed by atoms with Crippen LogP contribution in [-0.2, 0) is 11.2 Å². The van der Waals surface area contributed by atoms with Crippen LogP contribution in [0.15, 0.2) is 36.5 Å². The quantitative estimate of drug-likeness (QED) is 0.880. The van der Waals surface area contributed by atoms with E-state index in [1.54, 1.807) is 20.0 Å². The third-order valence-electron chi connectivity index (χ3n) is 2.90. The third-order valence-corrected chi connectivity index (χ3v) is 2.90. The number of nitrogens with zero attached hydrogens (tertiary/aromatic N) is 1. The molecule has 1 aromatic carbocycles. The summed E-state index contributed by atoms with van der Waals surface area (Å²) in [6.07, 6.45) is 2.25. The number of carboxylic acid groups (broad SMARTS) is 1. The molecule has 0 fully saturated rings. The van der Waals surface area contributed by atoms with Gasteiger partial charge in [-0.15, -0.1) is 0 Å². The molecular formula is C14H15NO2. The lowest BCUT2D eigenvalue weighted by molar-refractivity contribution is -0.146. The Labute approximate surface area is 100 Å². The average molecular weight is 229 g/mol. The van der Waals surface area contributed by atoms with Crippen LogP contribution in [-0.4, -0.2) is 16.1 Å². The second kappa shape index (κ2) is 4.17. The molecule has 0 amide bonds. The summed E-state index contributed by atoms with van der Waals surface area (Å²) in [5.41, 5.74) is 1.16. The van der Waals surface area contributed by atoms with Gasteiger partial charge >= 0.3 is 5.97 Å². The van der Waals surface area contributed by atoms with Crippen molar-refractivity contribution in [2.75, 3.05) is 0 Å². The van der Waals surface area contributed by atoms with Crippen LogP contribution in [0.4, 0.5) is 0 Å². The van der Waals surface area contributed by atoms with Crippen LogP contribution in [0.3, 0.4) is 0 Å². The summed E-state index contributed by atoms with van der Waals surface area (Å²) in [5, 5.41) is 10.2. The Hall–Kier alpha value is -1.90. The monoisotopic (exact) mass is 229 g/mol. The zero-order chi connectivity index (χ0) is 12.5. The van der Waals surface area contributed by atoms with Gasteiger partial charge in [0.15, 0.2) is 0 Å². The van der Waals surface area contributed by atoms with Crippen molar-refractivity contribution in [2.45, 2.75) is 20.3 Å². The molecule has 3 heteroatoms. The van der Waals surface area contributed by atoms with Gasteiger partial charge in [0.1, 0.15) is 0 Å². The lowest BCUT2D eigenvalue weighted by Gasteiger charge is -2.19. The summed E-state index contributed by atoms with van der Waals surface area (Å²) in [6, 6.07) is 9.79. The number of hydrogen-bond acceptors (Lipinski definition) is 2. The largest absolute Gasteiger partial charge is 0.481 e. The lowest BCUT2D eigenvalue weighted by atomic mass is 9.86. The van der Waals surface area contributed by atoms with Gasteiger partial charge in [-0.3, -0.25) is 9.78 Å². The highest BCUT2D eigenvalue weighted by atomic mass is 16.4. The first-order chi connectivity index (χ1) is 7.99. The number of fused-ring (bicyclic) bond motifs is 1. The Balaban J connectivity index is 2.34. The SMILES string of the molecule is CC(C)(Cc1ccc2cccnc2c1)C(=O)O. The van der Waals surface area contributed by atoms with Crippen LogP contribution < -0.4 is 0 Å². The molecule has 0 aliphatic heterocycles. The Bertz CT molecular complexity index is 561. The second-order valence-corrected chi connectivity index (χ2v) is 4.90. The molecule has 0 saturated heterocycles. The van der Waals surface area contributed by atoms with Crippen molar-refractivity contribution in [1.82, 2.24) is 4.98 Å². The Morgan fingerprint density at radius 3 is 2.82 bits per heavy atom. The highest BCUT2D eigenvalue weighted by molar-refractivity contribution is 5.79. The van der Waals surface area contributed by atoms with E-state index in [0.29, 0.717) is 6.42 Å². The molecule has 3 nitrogen and oxygen atoms in total. The van der Waals surface area contributed by atoms with Crippen LogP contribution in [0, 0.1) is 5.41 Å². The van der Waals surface area contributed by atoms with Gasteiger partial charge in [0.25, 0.3) is 0 Å². The van der Waals surface area contributed by atoms with E-state index in [9.17, 15) is 4.79 Å². The van der Waals surface area contributed by atoms with Crippen LogP contribution in [0.2, 0.25) is 0 Å². The van der Waals surface area contributed by atoms with Crippen LogP contribution in [0.5, 0.6) is 0 Å². The molecule has 2 rings (SSSR count). The van der Waals surface area contributed by atoms with E-state index in [-0.39, 0.29) is 0 Å².